The van der Waals surface area contributed by atoms with Gasteiger partial charge in [0.2, 0.25) is 5.88 Å². The Bertz CT molecular complexity index is 497. The monoisotopic (exact) mass is 243 g/mol. The van der Waals surface area contributed by atoms with E-state index in [0.717, 1.165) is 17.7 Å². The average molecular weight is 243 g/mol. The molecule has 2 aromatic rings. The largest absolute Gasteiger partial charge is 0.490 e. The summed E-state index contributed by atoms with van der Waals surface area (Å²) in [4.78, 5) is 4.14. The predicted octanol–water partition coefficient (Wildman–Crippen LogP) is 3.97. The van der Waals surface area contributed by atoms with Crippen molar-refractivity contribution < 1.29 is 9.47 Å². The Morgan fingerprint density at radius 3 is 2.72 bits per heavy atom. The fourth-order valence-corrected chi connectivity index (χ4v) is 1.54. The zero-order valence-corrected chi connectivity index (χ0v) is 10.7. The minimum absolute atomic E-state index is 0.572. The smallest absolute Gasteiger partial charge is 0.219 e. The highest BCUT2D eigenvalue weighted by Crippen LogP contribution is 2.31. The molecule has 1 aromatic carbocycles. The van der Waals surface area contributed by atoms with Crippen molar-refractivity contribution >= 4 is 0 Å². The summed E-state index contributed by atoms with van der Waals surface area (Å²) in [6.07, 6.45) is 2.67. The van der Waals surface area contributed by atoms with Crippen molar-refractivity contribution in [2.45, 2.75) is 20.3 Å². The van der Waals surface area contributed by atoms with E-state index in [9.17, 15) is 0 Å². The molecule has 0 aliphatic rings. The van der Waals surface area contributed by atoms with Gasteiger partial charge in [0.25, 0.3) is 0 Å². The van der Waals surface area contributed by atoms with Gasteiger partial charge in [-0.15, -0.1) is 0 Å². The second-order valence-electron chi connectivity index (χ2n) is 4.07. The molecule has 0 spiro atoms. The Labute approximate surface area is 107 Å². The molecular weight excluding hydrogens is 226 g/mol. The van der Waals surface area contributed by atoms with Gasteiger partial charge in [0.1, 0.15) is 0 Å². The number of aryl methyl sites for hydroxylation is 1. The fraction of sp³-hybridized carbons (Fsp3) is 0.267. The zero-order valence-electron chi connectivity index (χ0n) is 10.7. The molecule has 0 aliphatic heterocycles. The van der Waals surface area contributed by atoms with Gasteiger partial charge in [-0.3, -0.25) is 0 Å². The Hall–Kier alpha value is -2.03. The van der Waals surface area contributed by atoms with Crippen LogP contribution in [0.15, 0.2) is 42.6 Å². The highest BCUT2D eigenvalue weighted by Gasteiger charge is 2.07. The summed E-state index contributed by atoms with van der Waals surface area (Å²) in [5.74, 6) is 2.04. The van der Waals surface area contributed by atoms with Gasteiger partial charge in [0, 0.05) is 12.3 Å². The summed E-state index contributed by atoms with van der Waals surface area (Å²) in [5.41, 5.74) is 1.15. The van der Waals surface area contributed by atoms with Gasteiger partial charge in [0.15, 0.2) is 11.5 Å². The molecule has 18 heavy (non-hydrogen) atoms. The van der Waals surface area contributed by atoms with Gasteiger partial charge < -0.3 is 9.47 Å². The zero-order chi connectivity index (χ0) is 12.8. The van der Waals surface area contributed by atoms with E-state index in [0.29, 0.717) is 18.2 Å². The number of hydrogen-bond acceptors (Lipinski definition) is 3. The summed E-state index contributed by atoms with van der Waals surface area (Å²) in [6, 6.07) is 11.5. The third-order valence-electron chi connectivity index (χ3n) is 2.41. The van der Waals surface area contributed by atoms with Gasteiger partial charge >= 0.3 is 0 Å². The van der Waals surface area contributed by atoms with Gasteiger partial charge in [0.05, 0.1) is 6.61 Å². The molecule has 1 heterocycles. The first-order valence-electron chi connectivity index (χ1n) is 6.12. The van der Waals surface area contributed by atoms with Crippen LogP contribution < -0.4 is 9.47 Å². The van der Waals surface area contributed by atoms with E-state index in [2.05, 4.69) is 11.9 Å². The van der Waals surface area contributed by atoms with Crippen molar-refractivity contribution in [3.8, 4) is 17.4 Å². The quantitative estimate of drug-likeness (QED) is 0.796. The van der Waals surface area contributed by atoms with Crippen molar-refractivity contribution in [1.82, 2.24) is 4.98 Å². The topological polar surface area (TPSA) is 31.4 Å². The van der Waals surface area contributed by atoms with E-state index < -0.39 is 0 Å². The Morgan fingerprint density at radius 2 is 2.00 bits per heavy atom. The molecule has 2 rings (SSSR count). The number of ether oxygens (including phenoxy) is 2. The van der Waals surface area contributed by atoms with E-state index in [1.807, 2.05) is 43.3 Å². The maximum absolute atomic E-state index is 5.73. The third-order valence-corrected chi connectivity index (χ3v) is 2.41. The molecule has 3 heteroatoms. The van der Waals surface area contributed by atoms with Crippen LogP contribution in [0.25, 0.3) is 0 Å². The molecule has 0 amide bonds. The fourth-order valence-electron chi connectivity index (χ4n) is 1.54. The highest BCUT2D eigenvalue weighted by molar-refractivity contribution is 5.44. The summed E-state index contributed by atoms with van der Waals surface area (Å²) < 4.78 is 11.4. The van der Waals surface area contributed by atoms with E-state index in [-0.39, 0.29) is 0 Å². The SMILES string of the molecule is CCCOc1cc(C)ccc1Oc1ccccn1. The average Bonchev–Trinajstić information content (AvgIpc) is 2.40. The first-order chi connectivity index (χ1) is 8.79. The van der Waals surface area contributed by atoms with E-state index in [1.54, 1.807) is 6.20 Å². The van der Waals surface area contributed by atoms with E-state index in [1.165, 1.54) is 0 Å². The molecule has 0 saturated heterocycles. The minimum Gasteiger partial charge on any atom is -0.490 e. The summed E-state index contributed by atoms with van der Waals surface area (Å²) in [6.45, 7) is 4.79. The number of rotatable bonds is 5. The van der Waals surface area contributed by atoms with Gasteiger partial charge in [-0.1, -0.05) is 19.1 Å². The van der Waals surface area contributed by atoms with E-state index in [4.69, 9.17) is 9.47 Å². The first-order valence-corrected chi connectivity index (χ1v) is 6.12. The highest BCUT2D eigenvalue weighted by atomic mass is 16.5. The molecule has 0 bridgehead atoms. The number of aromatic nitrogens is 1. The molecule has 0 fully saturated rings. The van der Waals surface area contributed by atoms with Crippen LogP contribution in [0.3, 0.4) is 0 Å². The van der Waals surface area contributed by atoms with Crippen LogP contribution in [0.2, 0.25) is 0 Å². The lowest BCUT2D eigenvalue weighted by molar-refractivity contribution is 0.300. The maximum Gasteiger partial charge on any atom is 0.219 e. The number of pyridine rings is 1. The molecule has 94 valence electrons. The minimum atomic E-state index is 0.572. The Kier molecular flexibility index (Phi) is 4.18. The van der Waals surface area contributed by atoms with Crippen molar-refractivity contribution in [2.75, 3.05) is 6.61 Å². The molecule has 0 atom stereocenters. The molecule has 0 radical (unpaired) electrons. The third kappa shape index (κ3) is 3.23. The second kappa shape index (κ2) is 6.05. The Morgan fingerprint density at radius 1 is 1.11 bits per heavy atom. The van der Waals surface area contributed by atoms with Crippen LogP contribution >= 0.6 is 0 Å². The Balaban J connectivity index is 2.21. The summed E-state index contributed by atoms with van der Waals surface area (Å²) in [5, 5.41) is 0. The van der Waals surface area contributed by atoms with Crippen LogP contribution in [0, 0.1) is 6.92 Å². The van der Waals surface area contributed by atoms with Crippen LogP contribution in [0.1, 0.15) is 18.9 Å². The van der Waals surface area contributed by atoms with Crippen LogP contribution in [0.4, 0.5) is 0 Å². The molecule has 0 N–H and O–H groups in total. The van der Waals surface area contributed by atoms with E-state index >= 15 is 0 Å². The number of hydrogen-bond donors (Lipinski definition) is 0. The lowest BCUT2D eigenvalue weighted by Gasteiger charge is -2.12. The van der Waals surface area contributed by atoms with Crippen LogP contribution in [-0.4, -0.2) is 11.6 Å². The summed E-state index contributed by atoms with van der Waals surface area (Å²) in [7, 11) is 0. The maximum atomic E-state index is 5.73. The molecule has 1 aromatic heterocycles. The first kappa shape index (κ1) is 12.4. The van der Waals surface area contributed by atoms with Crippen molar-refractivity contribution in [3.05, 3.63) is 48.2 Å². The van der Waals surface area contributed by atoms with Crippen LogP contribution in [0.5, 0.6) is 17.4 Å². The normalized spacial score (nSPS) is 10.1. The second-order valence-corrected chi connectivity index (χ2v) is 4.07. The van der Waals surface area contributed by atoms with Crippen LogP contribution in [-0.2, 0) is 0 Å². The van der Waals surface area contributed by atoms with Crippen molar-refractivity contribution in [2.24, 2.45) is 0 Å². The molecular formula is C15H17NO2. The number of nitrogens with zero attached hydrogens (tertiary/aromatic N) is 1. The lowest BCUT2D eigenvalue weighted by atomic mass is 10.2. The predicted molar refractivity (Wildman–Crippen MR) is 71.3 cm³/mol. The summed E-state index contributed by atoms with van der Waals surface area (Å²) >= 11 is 0. The molecule has 0 aliphatic carbocycles. The molecule has 0 unspecified atom stereocenters. The number of benzene rings is 1. The van der Waals surface area contributed by atoms with Crippen molar-refractivity contribution in [3.63, 3.8) is 0 Å². The van der Waals surface area contributed by atoms with Gasteiger partial charge in [-0.05, 0) is 37.1 Å². The van der Waals surface area contributed by atoms with Crippen molar-refractivity contribution in [1.29, 1.82) is 0 Å². The van der Waals surface area contributed by atoms with Gasteiger partial charge in [-0.2, -0.15) is 0 Å². The van der Waals surface area contributed by atoms with Gasteiger partial charge in [-0.25, -0.2) is 4.98 Å². The standard InChI is InChI=1S/C15H17NO2/c1-3-10-17-14-11-12(2)7-8-13(14)18-15-6-4-5-9-16-15/h4-9,11H,3,10H2,1-2H3. The molecule has 0 saturated carbocycles. The lowest BCUT2D eigenvalue weighted by Crippen LogP contribution is -1.98. The molecule has 3 nitrogen and oxygen atoms in total.